The number of hydrogen-bond donors (Lipinski definition) is 0. The molecule has 3 heterocycles. The summed E-state index contributed by atoms with van der Waals surface area (Å²) in [4.78, 5) is 10.9. The molecule has 6 heteroatoms. The van der Waals surface area contributed by atoms with E-state index in [1.807, 2.05) is 24.3 Å². The molecule has 4 rings (SSSR count). The zero-order valence-corrected chi connectivity index (χ0v) is 13.1. The molecule has 0 amide bonds. The van der Waals surface area contributed by atoms with Crippen molar-refractivity contribution in [1.82, 2.24) is 20.0 Å². The van der Waals surface area contributed by atoms with Crippen LogP contribution in [0.1, 0.15) is 23.8 Å². The van der Waals surface area contributed by atoms with Gasteiger partial charge in [-0.15, -0.1) is 0 Å². The Bertz CT molecular complexity index is 803. The van der Waals surface area contributed by atoms with E-state index in [1.54, 1.807) is 12.4 Å². The molecule has 1 saturated heterocycles. The van der Waals surface area contributed by atoms with Gasteiger partial charge in [-0.3, -0.25) is 9.88 Å². The molecule has 1 atom stereocenters. The molecule has 0 bridgehead atoms. The van der Waals surface area contributed by atoms with Crippen LogP contribution in [0.2, 0.25) is 0 Å². The number of aromatic nitrogens is 3. The lowest BCUT2D eigenvalue weighted by Gasteiger charge is -2.15. The molecule has 3 aromatic rings. The Hall–Kier alpha value is -2.60. The lowest BCUT2D eigenvalue weighted by molar-refractivity contribution is 0.309. The summed E-state index contributed by atoms with van der Waals surface area (Å²) in [7, 11) is 0. The van der Waals surface area contributed by atoms with Gasteiger partial charge in [0.25, 0.3) is 0 Å². The first kappa shape index (κ1) is 15.0. The molecule has 5 nitrogen and oxygen atoms in total. The van der Waals surface area contributed by atoms with Crippen molar-refractivity contribution in [2.75, 3.05) is 13.1 Å². The van der Waals surface area contributed by atoms with E-state index in [0.29, 0.717) is 11.7 Å². The Morgan fingerprint density at radius 3 is 2.71 bits per heavy atom. The van der Waals surface area contributed by atoms with Gasteiger partial charge in [0.2, 0.25) is 11.7 Å². The van der Waals surface area contributed by atoms with Crippen molar-refractivity contribution in [2.45, 2.75) is 18.9 Å². The summed E-state index contributed by atoms with van der Waals surface area (Å²) in [6, 6.07) is 10.4. The zero-order chi connectivity index (χ0) is 16.4. The predicted octanol–water partition coefficient (Wildman–Crippen LogP) is 3.26. The van der Waals surface area contributed by atoms with E-state index in [2.05, 4.69) is 20.0 Å². The van der Waals surface area contributed by atoms with Crippen molar-refractivity contribution in [3.63, 3.8) is 0 Å². The van der Waals surface area contributed by atoms with Crippen LogP contribution in [0.15, 0.2) is 53.3 Å². The second-order valence-corrected chi connectivity index (χ2v) is 6.04. The summed E-state index contributed by atoms with van der Waals surface area (Å²) in [6.07, 6.45) is 4.41. The van der Waals surface area contributed by atoms with Crippen molar-refractivity contribution in [2.24, 2.45) is 0 Å². The topological polar surface area (TPSA) is 55.1 Å². The van der Waals surface area contributed by atoms with Gasteiger partial charge in [-0.05, 0) is 42.8 Å². The van der Waals surface area contributed by atoms with Crippen LogP contribution in [-0.2, 0) is 6.54 Å². The molecule has 1 fully saturated rings. The minimum absolute atomic E-state index is 0.201. The second kappa shape index (κ2) is 6.49. The van der Waals surface area contributed by atoms with Crippen molar-refractivity contribution in [1.29, 1.82) is 0 Å². The van der Waals surface area contributed by atoms with Gasteiger partial charge >= 0.3 is 0 Å². The maximum absolute atomic E-state index is 13.0. The van der Waals surface area contributed by atoms with Crippen LogP contribution >= 0.6 is 0 Å². The molecule has 0 saturated carbocycles. The normalized spacial score (nSPS) is 18.1. The highest BCUT2D eigenvalue weighted by Gasteiger charge is 2.28. The van der Waals surface area contributed by atoms with E-state index in [-0.39, 0.29) is 11.7 Å². The van der Waals surface area contributed by atoms with Gasteiger partial charge in [-0.2, -0.15) is 4.98 Å². The monoisotopic (exact) mass is 324 g/mol. The van der Waals surface area contributed by atoms with Gasteiger partial charge in [-0.25, -0.2) is 4.39 Å². The third-order valence-electron chi connectivity index (χ3n) is 4.32. The van der Waals surface area contributed by atoms with Crippen molar-refractivity contribution in [3.8, 4) is 11.4 Å². The van der Waals surface area contributed by atoms with Gasteiger partial charge < -0.3 is 4.52 Å². The average Bonchev–Trinajstić information content (AvgIpc) is 3.27. The van der Waals surface area contributed by atoms with Crippen LogP contribution in [0.25, 0.3) is 11.4 Å². The van der Waals surface area contributed by atoms with Gasteiger partial charge in [0.1, 0.15) is 5.82 Å². The molecule has 24 heavy (non-hydrogen) atoms. The molecule has 2 aromatic heterocycles. The van der Waals surface area contributed by atoms with Gasteiger partial charge in [0, 0.05) is 31.0 Å². The standard InChI is InChI=1S/C18H17FN4O/c19-16-3-1-13(2-4-16)11-23-10-7-15(12-23)18-21-17(22-24-18)14-5-8-20-9-6-14/h1-6,8-9,15H,7,10-12H2/t15-/m1/s1. The van der Waals surface area contributed by atoms with Crippen LogP contribution in [0, 0.1) is 5.82 Å². The number of halogens is 1. The SMILES string of the molecule is Fc1ccc(CN2CC[C@@H](c3nc(-c4ccncc4)no3)C2)cc1. The summed E-state index contributed by atoms with van der Waals surface area (Å²) in [5, 5.41) is 4.08. The number of nitrogens with zero attached hydrogens (tertiary/aromatic N) is 4. The number of benzene rings is 1. The Labute approximate surface area is 139 Å². The fourth-order valence-corrected chi connectivity index (χ4v) is 3.05. The quantitative estimate of drug-likeness (QED) is 0.737. The van der Waals surface area contributed by atoms with E-state index in [1.165, 1.54) is 12.1 Å². The van der Waals surface area contributed by atoms with Crippen molar-refractivity contribution in [3.05, 3.63) is 66.1 Å². The fourth-order valence-electron chi connectivity index (χ4n) is 3.05. The molecular weight excluding hydrogens is 307 g/mol. The molecule has 0 aliphatic carbocycles. The summed E-state index contributed by atoms with van der Waals surface area (Å²) in [6.45, 7) is 2.65. The largest absolute Gasteiger partial charge is 0.339 e. The molecule has 1 aliphatic heterocycles. The average molecular weight is 324 g/mol. The van der Waals surface area contributed by atoms with E-state index >= 15 is 0 Å². The summed E-state index contributed by atoms with van der Waals surface area (Å²) in [5.74, 6) is 1.33. The predicted molar refractivity (Wildman–Crippen MR) is 86.6 cm³/mol. The highest BCUT2D eigenvalue weighted by Crippen LogP contribution is 2.28. The molecular formula is C18H17FN4O. The Kier molecular flexibility index (Phi) is 4.04. The minimum atomic E-state index is -0.201. The maximum Gasteiger partial charge on any atom is 0.231 e. The summed E-state index contributed by atoms with van der Waals surface area (Å²) >= 11 is 0. The van der Waals surface area contributed by atoms with Gasteiger partial charge in [0.05, 0.1) is 5.92 Å². The van der Waals surface area contributed by atoms with Crippen molar-refractivity contribution < 1.29 is 8.91 Å². The summed E-state index contributed by atoms with van der Waals surface area (Å²) < 4.78 is 18.4. The molecule has 0 radical (unpaired) electrons. The Balaban J connectivity index is 1.42. The Morgan fingerprint density at radius 2 is 1.92 bits per heavy atom. The van der Waals surface area contributed by atoms with Crippen LogP contribution in [0.5, 0.6) is 0 Å². The lowest BCUT2D eigenvalue weighted by Crippen LogP contribution is -2.19. The number of pyridine rings is 1. The Morgan fingerprint density at radius 1 is 1.12 bits per heavy atom. The molecule has 122 valence electrons. The first-order valence-corrected chi connectivity index (χ1v) is 7.99. The van der Waals surface area contributed by atoms with E-state index in [4.69, 9.17) is 4.52 Å². The number of likely N-dealkylation sites (tertiary alicyclic amines) is 1. The van der Waals surface area contributed by atoms with Crippen LogP contribution in [0.3, 0.4) is 0 Å². The maximum atomic E-state index is 13.0. The van der Waals surface area contributed by atoms with Gasteiger partial charge in [0.15, 0.2) is 0 Å². The fraction of sp³-hybridized carbons (Fsp3) is 0.278. The minimum Gasteiger partial charge on any atom is -0.339 e. The zero-order valence-electron chi connectivity index (χ0n) is 13.1. The number of hydrogen-bond acceptors (Lipinski definition) is 5. The van der Waals surface area contributed by atoms with Crippen molar-refractivity contribution >= 4 is 0 Å². The third-order valence-corrected chi connectivity index (χ3v) is 4.32. The smallest absolute Gasteiger partial charge is 0.231 e. The van der Waals surface area contributed by atoms with Crippen LogP contribution < -0.4 is 0 Å². The number of rotatable bonds is 4. The third kappa shape index (κ3) is 3.19. The first-order valence-electron chi connectivity index (χ1n) is 7.99. The van der Waals surface area contributed by atoms with Crippen LogP contribution in [0.4, 0.5) is 4.39 Å². The second-order valence-electron chi connectivity index (χ2n) is 6.04. The summed E-state index contributed by atoms with van der Waals surface area (Å²) in [5.41, 5.74) is 2.02. The van der Waals surface area contributed by atoms with Gasteiger partial charge in [-0.1, -0.05) is 17.3 Å². The first-order chi connectivity index (χ1) is 11.8. The lowest BCUT2D eigenvalue weighted by atomic mass is 10.1. The highest BCUT2D eigenvalue weighted by atomic mass is 19.1. The van der Waals surface area contributed by atoms with E-state index in [0.717, 1.165) is 37.2 Å². The molecule has 1 aliphatic rings. The molecule has 0 N–H and O–H groups in total. The van der Waals surface area contributed by atoms with Crippen LogP contribution in [-0.4, -0.2) is 33.1 Å². The van der Waals surface area contributed by atoms with E-state index < -0.39 is 0 Å². The molecule has 0 unspecified atom stereocenters. The highest BCUT2D eigenvalue weighted by molar-refractivity contribution is 5.52. The van der Waals surface area contributed by atoms with E-state index in [9.17, 15) is 4.39 Å². The molecule has 0 spiro atoms. The molecule has 1 aromatic carbocycles.